The number of nitrogens with one attached hydrogen (secondary N) is 1. The Balaban J connectivity index is 1.90. The number of unbranched alkanes of at least 4 members (excludes halogenated alkanes) is 1. The maximum absolute atomic E-state index is 5.17. The van der Waals surface area contributed by atoms with Crippen molar-refractivity contribution in [1.29, 1.82) is 0 Å². The van der Waals surface area contributed by atoms with Gasteiger partial charge in [-0.25, -0.2) is 0 Å². The monoisotopic (exact) mass is 183 g/mol. The van der Waals surface area contributed by atoms with Crippen molar-refractivity contribution in [3.05, 3.63) is 24.2 Å². The first kappa shape index (κ1) is 10.3. The van der Waals surface area contributed by atoms with E-state index < -0.39 is 0 Å². The van der Waals surface area contributed by atoms with Crippen molar-refractivity contribution in [2.75, 3.05) is 20.3 Å². The first-order chi connectivity index (χ1) is 6.43. The van der Waals surface area contributed by atoms with Gasteiger partial charge in [-0.05, 0) is 31.5 Å². The molecule has 0 unspecified atom stereocenters. The van der Waals surface area contributed by atoms with Gasteiger partial charge in [0.25, 0.3) is 0 Å². The van der Waals surface area contributed by atoms with Crippen LogP contribution >= 0.6 is 0 Å². The van der Waals surface area contributed by atoms with E-state index in [4.69, 9.17) is 9.15 Å². The molecule has 0 aliphatic rings. The van der Waals surface area contributed by atoms with Crippen LogP contribution in [0, 0.1) is 0 Å². The van der Waals surface area contributed by atoms with Crippen molar-refractivity contribution in [1.82, 2.24) is 5.32 Å². The Hall–Kier alpha value is -0.800. The Bertz CT molecular complexity index is 197. The van der Waals surface area contributed by atoms with Gasteiger partial charge in [0.15, 0.2) is 0 Å². The molecule has 0 bridgehead atoms. The lowest BCUT2D eigenvalue weighted by Gasteiger charge is -2.01. The predicted molar refractivity (Wildman–Crippen MR) is 51.5 cm³/mol. The zero-order valence-electron chi connectivity index (χ0n) is 8.08. The molecule has 1 N–H and O–H groups in total. The first-order valence-electron chi connectivity index (χ1n) is 4.65. The van der Waals surface area contributed by atoms with Crippen LogP contribution in [0.3, 0.4) is 0 Å². The summed E-state index contributed by atoms with van der Waals surface area (Å²) in [5.41, 5.74) is 0. The summed E-state index contributed by atoms with van der Waals surface area (Å²) in [4.78, 5) is 0. The zero-order valence-corrected chi connectivity index (χ0v) is 8.08. The molecule has 0 amide bonds. The largest absolute Gasteiger partial charge is 0.468 e. The van der Waals surface area contributed by atoms with Gasteiger partial charge in [-0.15, -0.1) is 0 Å². The van der Waals surface area contributed by atoms with E-state index in [1.807, 2.05) is 12.1 Å². The van der Waals surface area contributed by atoms with Gasteiger partial charge in [-0.2, -0.15) is 0 Å². The van der Waals surface area contributed by atoms with Crippen LogP contribution in [0.5, 0.6) is 0 Å². The maximum atomic E-state index is 5.17. The van der Waals surface area contributed by atoms with Gasteiger partial charge < -0.3 is 14.5 Å². The van der Waals surface area contributed by atoms with Crippen LogP contribution < -0.4 is 5.32 Å². The molecular weight excluding hydrogens is 166 g/mol. The Kier molecular flexibility index (Phi) is 5.29. The molecule has 74 valence electrons. The quantitative estimate of drug-likeness (QED) is 0.654. The van der Waals surface area contributed by atoms with Gasteiger partial charge in [0.2, 0.25) is 0 Å². The van der Waals surface area contributed by atoms with E-state index >= 15 is 0 Å². The molecule has 0 saturated heterocycles. The average molecular weight is 183 g/mol. The van der Waals surface area contributed by atoms with Crippen molar-refractivity contribution in [2.24, 2.45) is 0 Å². The van der Waals surface area contributed by atoms with Crippen molar-refractivity contribution >= 4 is 0 Å². The van der Waals surface area contributed by atoms with Crippen LogP contribution in [0.15, 0.2) is 22.8 Å². The molecule has 13 heavy (non-hydrogen) atoms. The highest BCUT2D eigenvalue weighted by atomic mass is 16.5. The molecule has 3 nitrogen and oxygen atoms in total. The maximum Gasteiger partial charge on any atom is 0.117 e. The van der Waals surface area contributed by atoms with E-state index in [0.29, 0.717) is 0 Å². The molecule has 0 aliphatic heterocycles. The third-order valence-electron chi connectivity index (χ3n) is 1.83. The van der Waals surface area contributed by atoms with Gasteiger partial charge in [0.1, 0.15) is 5.76 Å². The fourth-order valence-electron chi connectivity index (χ4n) is 1.12. The lowest BCUT2D eigenvalue weighted by atomic mass is 10.3. The molecule has 1 aromatic heterocycles. The van der Waals surface area contributed by atoms with Crippen LogP contribution in [-0.2, 0) is 11.3 Å². The van der Waals surface area contributed by atoms with E-state index in [2.05, 4.69) is 5.32 Å². The van der Waals surface area contributed by atoms with Crippen LogP contribution in [0.2, 0.25) is 0 Å². The minimum atomic E-state index is 0.819. The van der Waals surface area contributed by atoms with Gasteiger partial charge in [-0.3, -0.25) is 0 Å². The van der Waals surface area contributed by atoms with Crippen molar-refractivity contribution in [3.63, 3.8) is 0 Å². The molecule has 0 aliphatic carbocycles. The highest BCUT2D eigenvalue weighted by Gasteiger charge is 1.93. The van der Waals surface area contributed by atoms with Crippen LogP contribution in [0.25, 0.3) is 0 Å². The standard InChI is InChI=1S/C10H17NO2/c1-12-7-3-2-6-11-9-10-5-4-8-13-10/h4-5,8,11H,2-3,6-7,9H2,1H3. The molecule has 3 heteroatoms. The van der Waals surface area contributed by atoms with Crippen LogP contribution in [0.1, 0.15) is 18.6 Å². The van der Waals surface area contributed by atoms with E-state index in [1.54, 1.807) is 13.4 Å². The normalized spacial score (nSPS) is 10.5. The highest BCUT2D eigenvalue weighted by molar-refractivity contribution is 4.97. The van der Waals surface area contributed by atoms with Gasteiger partial charge in [0.05, 0.1) is 12.8 Å². The zero-order chi connectivity index (χ0) is 9.36. The topological polar surface area (TPSA) is 34.4 Å². The number of hydrogen-bond acceptors (Lipinski definition) is 3. The Morgan fingerprint density at radius 1 is 1.46 bits per heavy atom. The predicted octanol–water partition coefficient (Wildman–Crippen LogP) is 1.80. The van der Waals surface area contributed by atoms with Crippen molar-refractivity contribution in [3.8, 4) is 0 Å². The second kappa shape index (κ2) is 6.69. The molecule has 0 fully saturated rings. The summed E-state index contributed by atoms with van der Waals surface area (Å²) in [7, 11) is 1.73. The summed E-state index contributed by atoms with van der Waals surface area (Å²) in [5, 5.41) is 3.30. The number of furan rings is 1. The highest BCUT2D eigenvalue weighted by Crippen LogP contribution is 1.98. The van der Waals surface area contributed by atoms with Gasteiger partial charge >= 0.3 is 0 Å². The van der Waals surface area contributed by atoms with Crippen LogP contribution in [0.4, 0.5) is 0 Å². The van der Waals surface area contributed by atoms with E-state index in [-0.39, 0.29) is 0 Å². The summed E-state index contributed by atoms with van der Waals surface area (Å²) in [6, 6.07) is 3.88. The summed E-state index contributed by atoms with van der Waals surface area (Å²) < 4.78 is 10.1. The lowest BCUT2D eigenvalue weighted by Crippen LogP contribution is -2.14. The van der Waals surface area contributed by atoms with E-state index in [0.717, 1.165) is 38.3 Å². The molecule has 1 aromatic rings. The van der Waals surface area contributed by atoms with E-state index in [1.165, 1.54) is 0 Å². The molecular formula is C10H17NO2. The van der Waals surface area contributed by atoms with E-state index in [9.17, 15) is 0 Å². The fraction of sp³-hybridized carbons (Fsp3) is 0.600. The third kappa shape index (κ3) is 4.70. The summed E-state index contributed by atoms with van der Waals surface area (Å²) in [6.45, 7) is 2.69. The van der Waals surface area contributed by atoms with Crippen molar-refractivity contribution < 1.29 is 9.15 Å². The van der Waals surface area contributed by atoms with Crippen molar-refractivity contribution in [2.45, 2.75) is 19.4 Å². The minimum Gasteiger partial charge on any atom is -0.468 e. The number of ether oxygens (including phenoxy) is 1. The summed E-state index contributed by atoms with van der Waals surface area (Å²) in [6.07, 6.45) is 3.96. The Morgan fingerprint density at radius 3 is 3.08 bits per heavy atom. The molecule has 1 rings (SSSR count). The molecule has 1 heterocycles. The van der Waals surface area contributed by atoms with Crippen LogP contribution in [-0.4, -0.2) is 20.3 Å². The second-order valence-electron chi connectivity index (χ2n) is 2.96. The number of rotatable bonds is 7. The molecule has 0 radical (unpaired) electrons. The number of methoxy groups -OCH3 is 1. The summed E-state index contributed by atoms with van der Waals surface area (Å²) in [5.74, 6) is 0.992. The minimum absolute atomic E-state index is 0.819. The molecule has 0 aromatic carbocycles. The smallest absolute Gasteiger partial charge is 0.117 e. The molecule has 0 spiro atoms. The fourth-order valence-corrected chi connectivity index (χ4v) is 1.12. The van der Waals surface area contributed by atoms with Gasteiger partial charge in [0, 0.05) is 13.7 Å². The number of hydrogen-bond donors (Lipinski definition) is 1. The van der Waals surface area contributed by atoms with Gasteiger partial charge in [-0.1, -0.05) is 0 Å². The molecule has 0 atom stereocenters. The Morgan fingerprint density at radius 2 is 2.38 bits per heavy atom. The summed E-state index contributed by atoms with van der Waals surface area (Å²) >= 11 is 0. The first-order valence-corrected chi connectivity index (χ1v) is 4.65. The third-order valence-corrected chi connectivity index (χ3v) is 1.83. The SMILES string of the molecule is COCCCCNCc1ccco1. The second-order valence-corrected chi connectivity index (χ2v) is 2.96. The molecule has 0 saturated carbocycles. The lowest BCUT2D eigenvalue weighted by molar-refractivity contribution is 0.192. The Labute approximate surface area is 79.1 Å². The average Bonchev–Trinajstić information content (AvgIpc) is 2.63.